The number of hydrogen-bond donors (Lipinski definition) is 5. The molecule has 414 valence electrons. The zero-order valence-corrected chi connectivity index (χ0v) is 46.2. The Hall–Kier alpha value is -6.43. The Balaban J connectivity index is 1.11. The van der Waals surface area contributed by atoms with Crippen LogP contribution in [0.4, 0.5) is 0 Å². The lowest BCUT2D eigenvalue weighted by molar-refractivity contribution is -0.164. The molecule has 0 saturated carbocycles. The third-order valence-corrected chi connectivity index (χ3v) is 16.9. The lowest BCUT2D eigenvalue weighted by atomic mass is 9.76. The molecular formula is C60H77N5O12. The van der Waals surface area contributed by atoms with E-state index in [4.69, 9.17) is 19.2 Å². The number of likely N-dealkylation sites (tertiary alicyclic amines) is 2. The third kappa shape index (κ3) is 11.3. The number of nitrogens with one attached hydrogen (secondary N) is 2. The topological polar surface area (TPSA) is 234 Å². The second-order valence-corrected chi connectivity index (χ2v) is 22.8. The van der Waals surface area contributed by atoms with Crippen molar-refractivity contribution in [1.29, 1.82) is 0 Å². The Morgan fingerprint density at radius 1 is 0.883 bits per heavy atom. The fraction of sp³-hybridized carbons (Fsp3) is 0.550. The van der Waals surface area contributed by atoms with Crippen LogP contribution in [-0.4, -0.2) is 128 Å². The van der Waals surface area contributed by atoms with Gasteiger partial charge in [-0.2, -0.15) is 0 Å². The molecule has 6 aliphatic heterocycles. The Morgan fingerprint density at radius 2 is 1.56 bits per heavy atom. The van der Waals surface area contributed by atoms with Gasteiger partial charge in [-0.05, 0) is 56.9 Å². The molecule has 7 aliphatic rings. The number of amides is 2. The van der Waals surface area contributed by atoms with Crippen LogP contribution in [0.2, 0.25) is 0 Å². The standard InChI is InChI=1S/C60H77N5O12/c1-11-39-22-29-75-59(10)57(73)46-44-45(52(70)38(9)56(46)77-59)54(72)49(48-47(44)62-60(63-48)23-27-64(28-24-60)31-32(2)3)61-58(74)34(5)17-15-16-33(4)50(68)36(7)51(69)37(8)55(35(39)6)76-43(67)30-42(66)65-25-20-41(21-26-65)53(71)40-18-13-12-14-19-40/h12-19,22,29,32-33,35-37,39,41,50-51,55,63,68-70H,11,20-21,23-28,30-31H2,1-10H3,(H,61,74)/b16-15+,29-22+,34-17-/t33-,35+,36+,37+,39-,50-,51+,55+,59-/m0/s1. The Labute approximate surface area is 451 Å². The van der Waals surface area contributed by atoms with Gasteiger partial charge in [-0.1, -0.05) is 97.0 Å². The lowest BCUT2D eigenvalue weighted by Gasteiger charge is -2.38. The highest BCUT2D eigenvalue weighted by atomic mass is 16.7. The van der Waals surface area contributed by atoms with Gasteiger partial charge in [-0.3, -0.25) is 33.8 Å². The zero-order valence-electron chi connectivity index (χ0n) is 46.2. The molecule has 2 aromatic rings. The van der Waals surface area contributed by atoms with Crippen molar-refractivity contribution in [3.05, 3.63) is 106 Å². The van der Waals surface area contributed by atoms with Crippen molar-refractivity contribution in [2.45, 2.75) is 138 Å². The summed E-state index contributed by atoms with van der Waals surface area (Å²) in [6.45, 7) is 20.8. The second kappa shape index (κ2) is 22.9. The van der Waals surface area contributed by atoms with E-state index in [2.05, 4.69) is 29.4 Å². The van der Waals surface area contributed by atoms with Crippen LogP contribution in [0.15, 0.2) is 82.9 Å². The Bertz CT molecular complexity index is 2820. The van der Waals surface area contributed by atoms with E-state index < -0.39 is 101 Å². The van der Waals surface area contributed by atoms with Crippen LogP contribution in [-0.2, 0) is 23.9 Å². The van der Waals surface area contributed by atoms with Gasteiger partial charge in [-0.15, -0.1) is 0 Å². The number of piperidine rings is 2. The number of aliphatic imine (C=N–C) groups is 1. The summed E-state index contributed by atoms with van der Waals surface area (Å²) in [6, 6.07) is 9.04. The Morgan fingerprint density at radius 3 is 2.21 bits per heavy atom. The molecule has 17 heteroatoms. The van der Waals surface area contributed by atoms with Gasteiger partial charge in [0.05, 0.1) is 41.0 Å². The molecular weight excluding hydrogens is 983 g/mol. The fourth-order valence-corrected chi connectivity index (χ4v) is 12.0. The second-order valence-electron chi connectivity index (χ2n) is 22.8. The average Bonchev–Trinajstić information content (AvgIpc) is 4.15. The third-order valence-electron chi connectivity index (χ3n) is 16.9. The summed E-state index contributed by atoms with van der Waals surface area (Å²) < 4.78 is 18.9. The molecule has 5 bridgehead atoms. The van der Waals surface area contributed by atoms with Gasteiger partial charge in [0.25, 0.3) is 11.7 Å². The van der Waals surface area contributed by atoms with E-state index in [1.54, 1.807) is 69.0 Å². The van der Waals surface area contributed by atoms with Crippen LogP contribution in [0.25, 0.3) is 0 Å². The van der Waals surface area contributed by atoms with E-state index in [9.17, 15) is 39.3 Å². The Kier molecular flexibility index (Phi) is 16.9. The molecule has 6 heterocycles. The van der Waals surface area contributed by atoms with Gasteiger partial charge < -0.3 is 50.0 Å². The van der Waals surface area contributed by atoms with Crippen LogP contribution in [0.3, 0.4) is 0 Å². The highest BCUT2D eigenvalue weighted by molar-refractivity contribution is 6.34. The highest BCUT2D eigenvalue weighted by Gasteiger charge is 2.54. The largest absolute Gasteiger partial charge is 0.507 e. The van der Waals surface area contributed by atoms with E-state index in [1.807, 2.05) is 32.0 Å². The number of rotatable bonds is 8. The number of ketones is 3. The fourth-order valence-electron chi connectivity index (χ4n) is 12.0. The minimum Gasteiger partial charge on any atom is -0.507 e. The maximum absolute atomic E-state index is 15.0. The van der Waals surface area contributed by atoms with Crippen molar-refractivity contribution in [3.8, 4) is 11.5 Å². The first-order chi connectivity index (χ1) is 36.5. The summed E-state index contributed by atoms with van der Waals surface area (Å²) in [4.78, 5) is 93.9. The number of ether oxygens (including phenoxy) is 3. The van der Waals surface area contributed by atoms with Crippen LogP contribution < -0.4 is 15.4 Å². The molecule has 9 atom stereocenters. The van der Waals surface area contributed by atoms with Gasteiger partial charge in [-0.25, -0.2) is 0 Å². The maximum Gasteiger partial charge on any atom is 0.315 e. The molecule has 2 fully saturated rings. The predicted octanol–water partition coefficient (Wildman–Crippen LogP) is 7.12. The zero-order chi connectivity index (χ0) is 55.8. The average molecular weight is 1060 g/mol. The molecule has 5 N–H and O–H groups in total. The van der Waals surface area contributed by atoms with E-state index in [-0.39, 0.29) is 62.4 Å². The quantitative estimate of drug-likeness (QED) is 0.101. The number of aliphatic hydroxyl groups excluding tert-OH is 2. The summed E-state index contributed by atoms with van der Waals surface area (Å²) in [5, 5.41) is 42.1. The van der Waals surface area contributed by atoms with Gasteiger partial charge >= 0.3 is 11.8 Å². The van der Waals surface area contributed by atoms with E-state index in [0.29, 0.717) is 69.8 Å². The normalized spacial score (nSPS) is 30.6. The van der Waals surface area contributed by atoms with Crippen molar-refractivity contribution >= 4 is 40.8 Å². The number of nitrogens with zero attached hydrogens (tertiary/aromatic N) is 3. The number of esters is 1. The minimum absolute atomic E-state index is 0.00755. The van der Waals surface area contributed by atoms with Gasteiger partial charge in [0.1, 0.15) is 35.4 Å². The van der Waals surface area contributed by atoms with Crippen LogP contribution in [0, 0.1) is 48.3 Å². The van der Waals surface area contributed by atoms with Crippen LogP contribution >= 0.6 is 0 Å². The summed E-state index contributed by atoms with van der Waals surface area (Å²) in [5.41, 5.74) is 0.301. The monoisotopic (exact) mass is 1060 g/mol. The molecule has 0 aromatic heterocycles. The summed E-state index contributed by atoms with van der Waals surface area (Å²) >= 11 is 0. The molecule has 17 nitrogen and oxygen atoms in total. The first-order valence-electron chi connectivity index (χ1n) is 27.5. The molecule has 1 aliphatic carbocycles. The first kappa shape index (κ1) is 56.8. The molecule has 9 rings (SSSR count). The van der Waals surface area contributed by atoms with Crippen molar-refractivity contribution in [2.24, 2.45) is 46.4 Å². The van der Waals surface area contributed by atoms with E-state index in [0.717, 1.165) is 6.54 Å². The lowest BCUT2D eigenvalue weighted by Crippen LogP contribution is -2.50. The van der Waals surface area contributed by atoms with Crippen molar-refractivity contribution < 1.29 is 58.3 Å². The van der Waals surface area contributed by atoms with Gasteiger partial charge in [0.2, 0.25) is 11.7 Å². The highest BCUT2D eigenvalue weighted by Crippen LogP contribution is 2.50. The number of aromatic hydroxyl groups is 1. The number of phenols is 1. The van der Waals surface area contributed by atoms with Gasteiger partial charge in [0.15, 0.2) is 5.78 Å². The number of carbonyl (C=O) groups is 6. The predicted molar refractivity (Wildman–Crippen MR) is 289 cm³/mol. The number of fused-ring (bicyclic) bond motifs is 13. The summed E-state index contributed by atoms with van der Waals surface area (Å²) in [6.07, 6.45) is 6.56. The van der Waals surface area contributed by atoms with E-state index in [1.165, 1.54) is 20.1 Å². The van der Waals surface area contributed by atoms with Crippen molar-refractivity contribution in [1.82, 2.24) is 20.4 Å². The molecule has 2 aromatic carbocycles. The smallest absolute Gasteiger partial charge is 0.315 e. The number of aliphatic hydroxyl groups is 2. The number of Topliss-reactive ketones (excluding diaryl/α,β-unsaturated/α-hetero) is 3. The van der Waals surface area contributed by atoms with Crippen molar-refractivity contribution in [3.63, 3.8) is 0 Å². The van der Waals surface area contributed by atoms with Gasteiger partial charge in [0, 0.05) is 98.4 Å². The van der Waals surface area contributed by atoms with Crippen molar-refractivity contribution in [2.75, 3.05) is 32.7 Å². The minimum atomic E-state index is -2.00. The molecule has 0 radical (unpaired) electrons. The maximum atomic E-state index is 15.0. The summed E-state index contributed by atoms with van der Waals surface area (Å²) in [7, 11) is 0. The van der Waals surface area contributed by atoms with Crippen LogP contribution in [0.1, 0.15) is 143 Å². The number of carbonyl (C=O) groups excluding carboxylic acids is 6. The molecule has 1 spiro atoms. The number of benzene rings is 2. The molecule has 0 unspecified atom stereocenters. The molecule has 77 heavy (non-hydrogen) atoms. The van der Waals surface area contributed by atoms with E-state index >= 15 is 4.79 Å². The number of allylic oxidation sites excluding steroid dienone is 5. The number of phenolic OH excluding ortho intramolecular Hbond substituents is 1. The molecule has 2 amide bonds. The number of hydrogen-bond acceptors (Lipinski definition) is 15. The van der Waals surface area contributed by atoms with Crippen LogP contribution in [0.5, 0.6) is 11.5 Å². The SMILES string of the molecule is CC[C@H]1/C=C/O[C@@]2(C)Oc3c(C)c(O)c4c(c3C2=O)C2=NC3(CCN(CC(C)C)CC3)NC2=C(NC(=O)/C(C)=C\C=C\[C@H](C)[C@H](O)[C@@H](C)[C@@H](O)[C@@H](C)[C@H](OC(=O)CC(=O)N2CCC(C(=O)c3ccccc3)CC2)[C@@H]1C)C4=O. The summed E-state index contributed by atoms with van der Waals surface area (Å²) in [5.74, 6) is -8.41. The first-order valence-corrected chi connectivity index (χ1v) is 27.5. The molecule has 2 saturated heterocycles.